The number of hydrogen-bond donors (Lipinski definition) is 1. The van der Waals surface area contributed by atoms with Crippen LogP contribution in [0.3, 0.4) is 0 Å². The maximum atomic E-state index is 12.4. The smallest absolute Gasteiger partial charge is 0.220 e. The van der Waals surface area contributed by atoms with E-state index < -0.39 is 0 Å². The molecule has 1 aromatic heterocycles. The van der Waals surface area contributed by atoms with Gasteiger partial charge in [0.2, 0.25) is 5.91 Å². The van der Waals surface area contributed by atoms with Gasteiger partial charge in [0.25, 0.3) is 0 Å². The second-order valence-electron chi connectivity index (χ2n) is 7.39. The monoisotopic (exact) mass is 359 g/mol. The Hall–Kier alpha value is -1.46. The first-order valence-electron chi connectivity index (χ1n) is 9.38. The molecule has 0 atom stereocenters. The van der Waals surface area contributed by atoms with Crippen LogP contribution in [0.4, 0.5) is 0 Å². The number of fused-ring (bicyclic) bond motifs is 1. The number of carbonyl (C=O) groups excluding carboxylic acids is 1. The Kier molecular flexibility index (Phi) is 6.07. The normalized spacial score (nSPS) is 17.6. The second kappa shape index (κ2) is 8.28. The molecule has 0 radical (unpaired) electrons. The predicted octanol–water partition coefficient (Wildman–Crippen LogP) is 4.00. The number of nitrogens with one attached hydrogen (secondary N) is 1. The molecule has 4 nitrogen and oxygen atoms in total. The third-order valence-corrected chi connectivity index (χ3v) is 6.60. The molecular formula is C20H29N3OS. The zero-order valence-electron chi connectivity index (χ0n) is 15.4. The summed E-state index contributed by atoms with van der Waals surface area (Å²) in [4.78, 5) is 19.3. The van der Waals surface area contributed by atoms with Crippen LogP contribution in [-0.4, -0.2) is 42.0 Å². The Balaban J connectivity index is 1.52. The first-order chi connectivity index (χ1) is 12.1. The number of hydrogen-bond acceptors (Lipinski definition) is 4. The van der Waals surface area contributed by atoms with Gasteiger partial charge in [-0.1, -0.05) is 37.8 Å². The van der Waals surface area contributed by atoms with Crippen LogP contribution in [0.5, 0.6) is 0 Å². The standard InChI is InChI=1S/C20H29N3OS/c1-23(2)20(13-7-3-4-8-14-20)15-21-18(24)11-12-19-22-16-9-5-6-10-17(16)25-19/h5-6,9-10H,3-4,7-8,11-15H2,1-2H3,(H,21,24). The van der Waals surface area contributed by atoms with Crippen LogP contribution in [0.1, 0.15) is 50.0 Å². The first-order valence-corrected chi connectivity index (χ1v) is 10.2. The van der Waals surface area contributed by atoms with Crippen molar-refractivity contribution >= 4 is 27.5 Å². The molecule has 5 heteroatoms. The fourth-order valence-corrected chi connectivity index (χ4v) is 4.73. The van der Waals surface area contributed by atoms with Gasteiger partial charge in [-0.2, -0.15) is 0 Å². The Morgan fingerprint density at radius 2 is 1.92 bits per heavy atom. The molecule has 1 heterocycles. The lowest BCUT2D eigenvalue weighted by molar-refractivity contribution is -0.121. The third kappa shape index (κ3) is 4.59. The van der Waals surface area contributed by atoms with Gasteiger partial charge < -0.3 is 10.2 Å². The molecular weight excluding hydrogens is 330 g/mol. The number of amides is 1. The second-order valence-corrected chi connectivity index (χ2v) is 8.50. The van der Waals surface area contributed by atoms with Crippen molar-refractivity contribution in [1.29, 1.82) is 0 Å². The zero-order valence-corrected chi connectivity index (χ0v) is 16.2. The van der Waals surface area contributed by atoms with Crippen molar-refractivity contribution in [3.8, 4) is 0 Å². The molecule has 0 saturated heterocycles. The summed E-state index contributed by atoms with van der Waals surface area (Å²) in [6.07, 6.45) is 8.77. The molecule has 25 heavy (non-hydrogen) atoms. The highest BCUT2D eigenvalue weighted by Gasteiger charge is 2.33. The molecule has 1 aliphatic rings. The average Bonchev–Trinajstić information content (AvgIpc) is 2.86. The minimum Gasteiger partial charge on any atom is -0.354 e. The maximum absolute atomic E-state index is 12.4. The molecule has 0 unspecified atom stereocenters. The molecule has 1 fully saturated rings. The van der Waals surface area contributed by atoms with Crippen LogP contribution in [-0.2, 0) is 11.2 Å². The van der Waals surface area contributed by atoms with Crippen LogP contribution in [0.25, 0.3) is 10.2 Å². The van der Waals surface area contributed by atoms with E-state index in [2.05, 4.69) is 35.4 Å². The molecule has 1 saturated carbocycles. The van der Waals surface area contributed by atoms with E-state index in [9.17, 15) is 4.79 Å². The van der Waals surface area contributed by atoms with Gasteiger partial charge in [-0.3, -0.25) is 4.79 Å². The van der Waals surface area contributed by atoms with E-state index in [4.69, 9.17) is 0 Å². The summed E-state index contributed by atoms with van der Waals surface area (Å²) in [6.45, 7) is 0.763. The maximum Gasteiger partial charge on any atom is 0.220 e. The summed E-state index contributed by atoms with van der Waals surface area (Å²) in [5.74, 6) is 0.143. The fourth-order valence-electron chi connectivity index (χ4n) is 3.77. The number of likely N-dealkylation sites (N-methyl/N-ethyl adjacent to an activating group) is 1. The Bertz CT molecular complexity index is 669. The van der Waals surface area contributed by atoms with E-state index in [0.29, 0.717) is 6.42 Å². The van der Waals surface area contributed by atoms with Gasteiger partial charge in [0.15, 0.2) is 0 Å². The molecule has 0 spiro atoms. The van der Waals surface area contributed by atoms with Gasteiger partial charge in [-0.15, -0.1) is 11.3 Å². The Labute approximate surface area is 154 Å². The van der Waals surface area contributed by atoms with E-state index in [1.54, 1.807) is 11.3 Å². The Morgan fingerprint density at radius 3 is 2.60 bits per heavy atom. The number of benzene rings is 1. The van der Waals surface area contributed by atoms with Gasteiger partial charge in [-0.05, 0) is 39.1 Å². The number of rotatable bonds is 6. The number of thiazole rings is 1. The van der Waals surface area contributed by atoms with Gasteiger partial charge in [0.1, 0.15) is 0 Å². The number of carbonyl (C=O) groups is 1. The number of nitrogens with zero attached hydrogens (tertiary/aromatic N) is 2. The molecule has 1 aliphatic carbocycles. The van der Waals surface area contributed by atoms with Crippen LogP contribution in [0.2, 0.25) is 0 Å². The molecule has 136 valence electrons. The van der Waals surface area contributed by atoms with E-state index in [0.717, 1.165) is 23.5 Å². The lowest BCUT2D eigenvalue weighted by Gasteiger charge is -2.39. The SMILES string of the molecule is CN(C)C1(CNC(=O)CCc2nc3ccccc3s2)CCCCCC1. The van der Waals surface area contributed by atoms with Gasteiger partial charge in [0.05, 0.1) is 15.2 Å². The summed E-state index contributed by atoms with van der Waals surface area (Å²) < 4.78 is 1.20. The van der Waals surface area contributed by atoms with E-state index in [-0.39, 0.29) is 11.4 Å². The molecule has 2 aromatic rings. The zero-order chi connectivity index (χ0) is 17.7. The van der Waals surface area contributed by atoms with E-state index in [1.165, 1.54) is 43.2 Å². The summed E-state index contributed by atoms with van der Waals surface area (Å²) in [7, 11) is 4.30. The largest absolute Gasteiger partial charge is 0.354 e. The van der Waals surface area contributed by atoms with Gasteiger partial charge in [0, 0.05) is 24.9 Å². The highest BCUT2D eigenvalue weighted by molar-refractivity contribution is 7.18. The number of aryl methyl sites for hydroxylation is 1. The van der Waals surface area contributed by atoms with E-state index in [1.807, 2.05) is 18.2 Å². The fraction of sp³-hybridized carbons (Fsp3) is 0.600. The average molecular weight is 360 g/mol. The summed E-state index contributed by atoms with van der Waals surface area (Å²) >= 11 is 1.69. The molecule has 3 rings (SSSR count). The lowest BCUT2D eigenvalue weighted by atomic mass is 9.88. The third-order valence-electron chi connectivity index (χ3n) is 5.50. The molecule has 1 aromatic carbocycles. The molecule has 0 bridgehead atoms. The highest BCUT2D eigenvalue weighted by atomic mass is 32.1. The quantitative estimate of drug-likeness (QED) is 0.793. The topological polar surface area (TPSA) is 45.2 Å². The van der Waals surface area contributed by atoms with Crippen molar-refractivity contribution in [3.05, 3.63) is 29.3 Å². The molecule has 1 N–H and O–H groups in total. The summed E-state index contributed by atoms with van der Waals surface area (Å²) in [6, 6.07) is 8.15. The van der Waals surface area contributed by atoms with Crippen LogP contribution >= 0.6 is 11.3 Å². The van der Waals surface area contributed by atoms with Crippen molar-refractivity contribution in [2.45, 2.75) is 56.9 Å². The van der Waals surface area contributed by atoms with Crippen molar-refractivity contribution in [2.75, 3.05) is 20.6 Å². The number of para-hydroxylation sites is 1. The highest BCUT2D eigenvalue weighted by Crippen LogP contribution is 2.30. The minimum absolute atomic E-state index is 0.127. The van der Waals surface area contributed by atoms with Gasteiger partial charge >= 0.3 is 0 Å². The van der Waals surface area contributed by atoms with Crippen molar-refractivity contribution < 1.29 is 4.79 Å². The van der Waals surface area contributed by atoms with Crippen molar-refractivity contribution in [3.63, 3.8) is 0 Å². The van der Waals surface area contributed by atoms with Crippen LogP contribution in [0, 0.1) is 0 Å². The van der Waals surface area contributed by atoms with E-state index >= 15 is 0 Å². The number of aromatic nitrogens is 1. The minimum atomic E-state index is 0.127. The predicted molar refractivity (Wildman–Crippen MR) is 105 cm³/mol. The van der Waals surface area contributed by atoms with Crippen molar-refractivity contribution in [2.24, 2.45) is 0 Å². The summed E-state index contributed by atoms with van der Waals surface area (Å²) in [5.41, 5.74) is 1.16. The van der Waals surface area contributed by atoms with Crippen molar-refractivity contribution in [1.82, 2.24) is 15.2 Å². The Morgan fingerprint density at radius 1 is 1.20 bits per heavy atom. The van der Waals surface area contributed by atoms with Gasteiger partial charge in [-0.25, -0.2) is 4.98 Å². The first kappa shape index (κ1) is 18.3. The summed E-state index contributed by atoms with van der Waals surface area (Å²) in [5, 5.41) is 4.25. The lowest BCUT2D eigenvalue weighted by Crippen LogP contribution is -2.52. The van der Waals surface area contributed by atoms with Crippen LogP contribution < -0.4 is 5.32 Å². The molecule has 1 amide bonds. The molecule has 0 aliphatic heterocycles. The van der Waals surface area contributed by atoms with Crippen LogP contribution in [0.15, 0.2) is 24.3 Å².